The molecule has 7 nitrogen and oxygen atoms in total. The van der Waals surface area contributed by atoms with E-state index in [4.69, 9.17) is 9.05 Å². The smallest absolute Gasteiger partial charge is 0.394 e. The zero-order valence-electron chi connectivity index (χ0n) is 22.3. The van der Waals surface area contributed by atoms with Gasteiger partial charge in [0.25, 0.3) is 0 Å². The molecule has 2 aromatic rings. The molecule has 37 heavy (non-hydrogen) atoms. The van der Waals surface area contributed by atoms with Crippen LogP contribution >= 0.6 is 15.6 Å². The molecular formula is C28H44O7P2. The van der Waals surface area contributed by atoms with Gasteiger partial charge in [-0.1, -0.05) is 114 Å². The highest BCUT2D eigenvalue weighted by molar-refractivity contribution is 7.61. The van der Waals surface area contributed by atoms with E-state index >= 15 is 0 Å². The van der Waals surface area contributed by atoms with Crippen molar-refractivity contribution in [3.8, 4) is 11.5 Å². The van der Waals surface area contributed by atoms with Gasteiger partial charge in [0.2, 0.25) is 0 Å². The van der Waals surface area contributed by atoms with Gasteiger partial charge >= 0.3 is 15.6 Å². The SMILES string of the molecule is CCCCCCCCc1ccccc1OP(=O)(Oc1ccccc1CCCCCCCC)OP(=O)(O)O. The highest BCUT2D eigenvalue weighted by atomic mass is 31.3. The predicted molar refractivity (Wildman–Crippen MR) is 149 cm³/mol. The maximum atomic E-state index is 13.6. The third kappa shape index (κ3) is 13.1. The van der Waals surface area contributed by atoms with Crippen LogP contribution in [0, 0.1) is 0 Å². The molecule has 0 unspecified atom stereocenters. The Morgan fingerprint density at radius 2 is 0.973 bits per heavy atom. The average molecular weight is 555 g/mol. The second-order valence-corrected chi connectivity index (χ2v) is 12.3. The monoisotopic (exact) mass is 554 g/mol. The fourth-order valence-corrected chi connectivity index (χ4v) is 6.40. The second kappa shape index (κ2) is 17.1. The molecule has 0 spiro atoms. The Hall–Kier alpha value is -1.62. The minimum Gasteiger partial charge on any atom is -0.394 e. The van der Waals surface area contributed by atoms with E-state index in [0.717, 1.165) is 49.7 Å². The minimum absolute atomic E-state index is 0.237. The molecule has 2 aromatic carbocycles. The van der Waals surface area contributed by atoms with Crippen molar-refractivity contribution in [2.75, 3.05) is 0 Å². The molecule has 208 valence electrons. The lowest BCUT2D eigenvalue weighted by Crippen LogP contribution is -2.07. The predicted octanol–water partition coefficient (Wildman–Crippen LogP) is 9.17. The van der Waals surface area contributed by atoms with E-state index in [9.17, 15) is 18.9 Å². The van der Waals surface area contributed by atoms with E-state index in [1.165, 1.54) is 38.5 Å². The fourth-order valence-electron chi connectivity index (χ4n) is 4.21. The maximum absolute atomic E-state index is 13.6. The highest BCUT2D eigenvalue weighted by Crippen LogP contribution is 2.61. The van der Waals surface area contributed by atoms with Gasteiger partial charge in [-0.15, -0.1) is 0 Å². The van der Waals surface area contributed by atoms with Gasteiger partial charge in [0.15, 0.2) is 0 Å². The Balaban J connectivity index is 2.13. The van der Waals surface area contributed by atoms with Crippen molar-refractivity contribution in [3.63, 3.8) is 0 Å². The summed E-state index contributed by atoms with van der Waals surface area (Å²) in [6.07, 6.45) is 14.9. The molecule has 0 fully saturated rings. The zero-order valence-corrected chi connectivity index (χ0v) is 24.1. The first-order valence-corrected chi connectivity index (χ1v) is 16.7. The molecule has 2 rings (SSSR count). The van der Waals surface area contributed by atoms with Gasteiger partial charge in [0.1, 0.15) is 11.5 Å². The summed E-state index contributed by atoms with van der Waals surface area (Å²) in [5.74, 6) is 0.475. The fraction of sp³-hybridized carbons (Fsp3) is 0.571. The zero-order chi connectivity index (χ0) is 27.0. The number of aryl methyl sites for hydroxylation is 2. The van der Waals surface area contributed by atoms with Crippen molar-refractivity contribution in [3.05, 3.63) is 59.7 Å². The van der Waals surface area contributed by atoms with Crippen LogP contribution in [0.4, 0.5) is 0 Å². The molecule has 0 saturated carbocycles. The van der Waals surface area contributed by atoms with Crippen molar-refractivity contribution in [1.29, 1.82) is 0 Å². The van der Waals surface area contributed by atoms with Gasteiger partial charge in [0.05, 0.1) is 0 Å². The van der Waals surface area contributed by atoms with Crippen LogP contribution in [-0.4, -0.2) is 9.79 Å². The highest BCUT2D eigenvalue weighted by Gasteiger charge is 2.40. The van der Waals surface area contributed by atoms with E-state index in [0.29, 0.717) is 12.8 Å². The van der Waals surface area contributed by atoms with Crippen molar-refractivity contribution in [2.24, 2.45) is 0 Å². The molecule has 0 heterocycles. The summed E-state index contributed by atoms with van der Waals surface area (Å²) in [7, 11) is -9.89. The molecule has 0 aliphatic rings. The van der Waals surface area contributed by atoms with Crippen molar-refractivity contribution < 1.29 is 32.3 Å². The Labute approximate surface area is 222 Å². The van der Waals surface area contributed by atoms with Gasteiger partial charge in [-0.25, -0.2) is 9.13 Å². The Bertz CT molecular complexity index is 940. The maximum Gasteiger partial charge on any atom is 0.596 e. The first-order valence-electron chi connectivity index (χ1n) is 13.7. The van der Waals surface area contributed by atoms with Crippen LogP contribution in [0.2, 0.25) is 0 Å². The first kappa shape index (κ1) is 31.6. The van der Waals surface area contributed by atoms with E-state index in [1.54, 1.807) is 24.3 Å². The molecule has 0 aliphatic heterocycles. The number of benzene rings is 2. The molecule has 9 heteroatoms. The number of phosphoric ester groups is 1. The van der Waals surface area contributed by atoms with Crippen LogP contribution in [0.25, 0.3) is 0 Å². The molecule has 0 bridgehead atoms. The summed E-state index contributed by atoms with van der Waals surface area (Å²) in [6, 6.07) is 14.1. The van der Waals surface area contributed by atoms with Crippen molar-refractivity contribution in [1.82, 2.24) is 0 Å². The lowest BCUT2D eigenvalue weighted by Gasteiger charge is -2.22. The van der Waals surface area contributed by atoms with Gasteiger partial charge < -0.3 is 18.8 Å². The Kier molecular flexibility index (Phi) is 14.6. The average Bonchev–Trinajstić information content (AvgIpc) is 2.84. The molecule has 0 aliphatic carbocycles. The summed E-state index contributed by atoms with van der Waals surface area (Å²) >= 11 is 0. The molecule has 0 atom stereocenters. The van der Waals surface area contributed by atoms with Crippen LogP contribution in [0.1, 0.15) is 102 Å². The van der Waals surface area contributed by atoms with Crippen LogP contribution in [0.15, 0.2) is 48.5 Å². The number of rotatable bonds is 20. The lowest BCUT2D eigenvalue weighted by molar-refractivity contribution is 0.233. The van der Waals surface area contributed by atoms with Gasteiger partial charge in [-0.2, -0.15) is 4.31 Å². The summed E-state index contributed by atoms with van der Waals surface area (Å²) in [5.41, 5.74) is 1.58. The lowest BCUT2D eigenvalue weighted by atomic mass is 10.0. The summed E-state index contributed by atoms with van der Waals surface area (Å²) in [4.78, 5) is 19.0. The molecule has 2 N–H and O–H groups in total. The molecule has 0 saturated heterocycles. The summed E-state index contributed by atoms with van der Waals surface area (Å²) in [6.45, 7) is 4.36. The van der Waals surface area contributed by atoms with E-state index in [2.05, 4.69) is 18.2 Å². The molecule has 0 radical (unpaired) electrons. The third-order valence-electron chi connectivity index (χ3n) is 6.17. The van der Waals surface area contributed by atoms with E-state index < -0.39 is 15.6 Å². The van der Waals surface area contributed by atoms with Gasteiger partial charge in [0, 0.05) is 0 Å². The number of hydrogen-bond donors (Lipinski definition) is 2. The largest absolute Gasteiger partial charge is 0.596 e. The van der Waals surface area contributed by atoms with Crippen molar-refractivity contribution in [2.45, 2.75) is 104 Å². The van der Waals surface area contributed by atoms with E-state index in [1.807, 2.05) is 24.3 Å². The normalized spacial score (nSPS) is 12.0. The summed E-state index contributed by atoms with van der Waals surface area (Å²) < 4.78 is 41.3. The van der Waals surface area contributed by atoms with Gasteiger partial charge in [-0.3, -0.25) is 0 Å². The van der Waals surface area contributed by atoms with Crippen LogP contribution in [-0.2, 0) is 26.3 Å². The number of para-hydroxylation sites is 2. The number of unbranched alkanes of at least 4 members (excludes halogenated alkanes) is 10. The van der Waals surface area contributed by atoms with E-state index in [-0.39, 0.29) is 11.5 Å². The first-order chi connectivity index (χ1) is 17.8. The summed E-state index contributed by atoms with van der Waals surface area (Å²) in [5, 5.41) is 0. The Morgan fingerprint density at radius 3 is 1.38 bits per heavy atom. The number of phosphoric acid groups is 2. The van der Waals surface area contributed by atoms with Crippen LogP contribution in [0.3, 0.4) is 0 Å². The Morgan fingerprint density at radius 1 is 0.595 bits per heavy atom. The molecule has 0 aromatic heterocycles. The third-order valence-corrected chi connectivity index (χ3v) is 8.66. The standard InChI is InChI=1S/C28H44O7P2/c1-3-5-7-9-11-13-19-25-21-15-17-23-27(25)33-37(32,35-36(29,30)31)34-28-24-18-16-22-26(28)20-14-12-10-8-6-4-2/h15-18,21-24H,3-14,19-20H2,1-2H3,(H2,29,30,31). The quantitative estimate of drug-likeness (QED) is 0.124. The van der Waals surface area contributed by atoms with Gasteiger partial charge in [-0.05, 0) is 48.9 Å². The topological polar surface area (TPSA) is 102 Å². The van der Waals surface area contributed by atoms with Crippen molar-refractivity contribution >= 4 is 15.6 Å². The molecule has 0 amide bonds. The van der Waals surface area contributed by atoms with Crippen LogP contribution in [0.5, 0.6) is 11.5 Å². The molecular weight excluding hydrogens is 510 g/mol. The second-order valence-electron chi connectivity index (χ2n) is 9.45. The van der Waals surface area contributed by atoms with Crippen LogP contribution < -0.4 is 9.05 Å². The number of hydrogen-bond acceptors (Lipinski definition) is 5. The minimum atomic E-state index is -5.18.